The molecular formula is C16H20F2N2O2S. The van der Waals surface area contributed by atoms with Crippen molar-refractivity contribution in [3.63, 3.8) is 0 Å². The van der Waals surface area contributed by atoms with Crippen LogP contribution in [0.3, 0.4) is 0 Å². The number of rotatable bonds is 1. The summed E-state index contributed by atoms with van der Waals surface area (Å²) in [4.78, 5) is 16.1. The fraction of sp³-hybridized carbons (Fsp3) is 0.562. The number of benzene rings is 1. The molecule has 1 unspecified atom stereocenters. The van der Waals surface area contributed by atoms with Gasteiger partial charge >= 0.3 is 6.03 Å². The Morgan fingerprint density at radius 3 is 2.65 bits per heavy atom. The summed E-state index contributed by atoms with van der Waals surface area (Å²) in [6.07, 6.45) is 0.626. The van der Waals surface area contributed by atoms with Gasteiger partial charge in [-0.25, -0.2) is 13.6 Å². The number of carbonyl (C=O) groups is 1. The first-order chi connectivity index (χ1) is 11.1. The van der Waals surface area contributed by atoms with Crippen LogP contribution in [-0.2, 0) is 4.74 Å². The zero-order chi connectivity index (χ0) is 16.2. The van der Waals surface area contributed by atoms with Crippen molar-refractivity contribution in [3.05, 3.63) is 35.4 Å². The van der Waals surface area contributed by atoms with E-state index in [-0.39, 0.29) is 17.1 Å². The van der Waals surface area contributed by atoms with E-state index in [2.05, 4.69) is 0 Å². The molecule has 0 aromatic heterocycles. The lowest BCUT2D eigenvalue weighted by molar-refractivity contribution is 0.0438. The molecule has 0 saturated carbocycles. The molecule has 1 atom stereocenters. The number of nitrogens with zero attached hydrogens (tertiary/aromatic N) is 2. The van der Waals surface area contributed by atoms with Gasteiger partial charge in [-0.3, -0.25) is 0 Å². The molecule has 1 aromatic rings. The van der Waals surface area contributed by atoms with Crippen LogP contribution >= 0.6 is 11.8 Å². The van der Waals surface area contributed by atoms with Crippen molar-refractivity contribution in [2.75, 3.05) is 45.1 Å². The van der Waals surface area contributed by atoms with E-state index in [0.29, 0.717) is 51.4 Å². The molecule has 2 amide bonds. The highest BCUT2D eigenvalue weighted by atomic mass is 32.2. The van der Waals surface area contributed by atoms with Gasteiger partial charge in [0.1, 0.15) is 11.6 Å². The van der Waals surface area contributed by atoms with E-state index in [1.165, 1.54) is 12.1 Å². The highest BCUT2D eigenvalue weighted by Gasteiger charge is 2.27. The fourth-order valence-electron chi connectivity index (χ4n) is 2.93. The monoisotopic (exact) mass is 342 g/mol. The maximum absolute atomic E-state index is 14.0. The first-order valence-corrected chi connectivity index (χ1v) is 8.88. The molecule has 2 aliphatic rings. The number of morpholine rings is 1. The Morgan fingerprint density at radius 1 is 1.13 bits per heavy atom. The van der Waals surface area contributed by atoms with Gasteiger partial charge in [-0.15, -0.1) is 0 Å². The Morgan fingerprint density at radius 2 is 1.87 bits per heavy atom. The molecule has 1 aromatic carbocycles. The molecule has 2 aliphatic heterocycles. The largest absolute Gasteiger partial charge is 0.378 e. The lowest BCUT2D eigenvalue weighted by Crippen LogP contribution is -2.48. The van der Waals surface area contributed by atoms with Crippen molar-refractivity contribution >= 4 is 17.8 Å². The van der Waals surface area contributed by atoms with Crippen molar-refractivity contribution in [2.24, 2.45) is 0 Å². The first-order valence-electron chi connectivity index (χ1n) is 7.83. The molecule has 23 heavy (non-hydrogen) atoms. The normalized spacial score (nSPS) is 22.8. The van der Waals surface area contributed by atoms with Gasteiger partial charge in [-0.1, -0.05) is 0 Å². The van der Waals surface area contributed by atoms with Crippen LogP contribution in [0.15, 0.2) is 18.2 Å². The minimum absolute atomic E-state index is 0.0225. The Kier molecular flexibility index (Phi) is 5.38. The van der Waals surface area contributed by atoms with E-state index in [4.69, 9.17) is 4.74 Å². The highest BCUT2D eigenvalue weighted by Crippen LogP contribution is 2.36. The molecule has 0 N–H and O–H groups in total. The summed E-state index contributed by atoms with van der Waals surface area (Å²) in [7, 11) is 0. The molecule has 3 rings (SSSR count). The van der Waals surface area contributed by atoms with E-state index in [9.17, 15) is 13.6 Å². The molecule has 126 valence electrons. The molecule has 0 radical (unpaired) electrons. The van der Waals surface area contributed by atoms with E-state index in [1.54, 1.807) is 16.7 Å². The molecule has 0 bridgehead atoms. The summed E-state index contributed by atoms with van der Waals surface area (Å²) in [5.41, 5.74) is 0.399. The summed E-state index contributed by atoms with van der Waals surface area (Å²) >= 11 is 1.58. The van der Waals surface area contributed by atoms with E-state index < -0.39 is 5.82 Å². The van der Waals surface area contributed by atoms with Crippen molar-refractivity contribution in [3.8, 4) is 0 Å². The zero-order valence-electron chi connectivity index (χ0n) is 12.8. The van der Waals surface area contributed by atoms with Gasteiger partial charge in [0.25, 0.3) is 0 Å². The third-order valence-electron chi connectivity index (χ3n) is 4.20. The topological polar surface area (TPSA) is 32.8 Å². The molecule has 4 nitrogen and oxygen atoms in total. The standard InChI is InChI=1S/C16H20F2N2O2S/c17-12-1-2-14(18)13(11-12)15-3-4-19(7-10-23-15)16(21)20-5-8-22-9-6-20/h1-2,11,15H,3-10H2. The molecule has 0 spiro atoms. The van der Waals surface area contributed by atoms with Crippen LogP contribution in [0.2, 0.25) is 0 Å². The lowest BCUT2D eigenvalue weighted by atomic mass is 10.1. The summed E-state index contributed by atoms with van der Waals surface area (Å²) < 4.78 is 32.6. The van der Waals surface area contributed by atoms with E-state index in [0.717, 1.165) is 11.8 Å². The summed E-state index contributed by atoms with van der Waals surface area (Å²) in [6, 6.07) is 3.60. The van der Waals surface area contributed by atoms with Crippen LogP contribution in [0, 0.1) is 11.6 Å². The number of hydrogen-bond donors (Lipinski definition) is 0. The number of thioether (sulfide) groups is 1. The lowest BCUT2D eigenvalue weighted by Gasteiger charge is -2.32. The van der Waals surface area contributed by atoms with Gasteiger partial charge in [-0.05, 0) is 24.6 Å². The maximum atomic E-state index is 14.0. The molecule has 0 aliphatic carbocycles. The van der Waals surface area contributed by atoms with Crippen molar-refractivity contribution in [1.29, 1.82) is 0 Å². The number of ether oxygens (including phenoxy) is 1. The van der Waals surface area contributed by atoms with Crippen LogP contribution in [-0.4, -0.2) is 61.0 Å². The summed E-state index contributed by atoms with van der Waals surface area (Å²) in [5, 5.41) is -0.117. The van der Waals surface area contributed by atoms with Crippen LogP contribution in [0.5, 0.6) is 0 Å². The van der Waals surface area contributed by atoms with Crippen LogP contribution < -0.4 is 0 Å². The predicted octanol–water partition coefficient (Wildman–Crippen LogP) is 2.90. The smallest absolute Gasteiger partial charge is 0.320 e. The number of hydrogen-bond acceptors (Lipinski definition) is 3. The Hall–Kier alpha value is -1.34. The molecule has 7 heteroatoms. The third-order valence-corrected chi connectivity index (χ3v) is 5.51. The summed E-state index contributed by atoms with van der Waals surface area (Å²) in [6.45, 7) is 3.57. The Balaban J connectivity index is 1.64. The second kappa shape index (κ2) is 7.49. The Labute approximate surface area is 138 Å². The SMILES string of the molecule is O=C(N1CCOCC1)N1CCSC(c2cc(F)ccc2F)CC1. The maximum Gasteiger partial charge on any atom is 0.320 e. The third kappa shape index (κ3) is 3.95. The van der Waals surface area contributed by atoms with Gasteiger partial charge in [0.2, 0.25) is 0 Å². The second-order valence-electron chi connectivity index (χ2n) is 5.68. The number of carbonyl (C=O) groups excluding carboxylic acids is 1. The minimum atomic E-state index is -0.424. The average Bonchev–Trinajstić information content (AvgIpc) is 2.83. The van der Waals surface area contributed by atoms with Crippen LogP contribution in [0.1, 0.15) is 17.2 Å². The molecular weight excluding hydrogens is 322 g/mol. The molecule has 2 saturated heterocycles. The predicted molar refractivity (Wildman–Crippen MR) is 85.5 cm³/mol. The van der Waals surface area contributed by atoms with E-state index in [1.807, 2.05) is 4.90 Å². The number of halogens is 2. The van der Waals surface area contributed by atoms with Gasteiger partial charge in [0, 0.05) is 42.7 Å². The van der Waals surface area contributed by atoms with E-state index >= 15 is 0 Å². The quantitative estimate of drug-likeness (QED) is 0.787. The molecule has 2 fully saturated rings. The van der Waals surface area contributed by atoms with Crippen LogP contribution in [0.25, 0.3) is 0 Å². The van der Waals surface area contributed by atoms with Crippen LogP contribution in [0.4, 0.5) is 13.6 Å². The Bertz CT molecular complexity index is 567. The highest BCUT2D eigenvalue weighted by molar-refractivity contribution is 7.99. The first kappa shape index (κ1) is 16.5. The van der Waals surface area contributed by atoms with Crippen molar-refractivity contribution in [1.82, 2.24) is 9.80 Å². The van der Waals surface area contributed by atoms with Crippen molar-refractivity contribution < 1.29 is 18.3 Å². The average molecular weight is 342 g/mol. The molecule has 2 heterocycles. The van der Waals surface area contributed by atoms with Crippen molar-refractivity contribution in [2.45, 2.75) is 11.7 Å². The number of amides is 2. The van der Waals surface area contributed by atoms with Gasteiger partial charge in [-0.2, -0.15) is 11.8 Å². The van der Waals surface area contributed by atoms with Gasteiger partial charge < -0.3 is 14.5 Å². The van der Waals surface area contributed by atoms with Gasteiger partial charge in [0.05, 0.1) is 13.2 Å². The second-order valence-corrected chi connectivity index (χ2v) is 6.99. The number of urea groups is 1. The fourth-order valence-corrected chi connectivity index (χ4v) is 4.17. The van der Waals surface area contributed by atoms with Gasteiger partial charge in [0.15, 0.2) is 0 Å². The zero-order valence-corrected chi connectivity index (χ0v) is 13.7. The summed E-state index contributed by atoms with van der Waals surface area (Å²) in [5.74, 6) is -0.0826. The minimum Gasteiger partial charge on any atom is -0.378 e.